The van der Waals surface area contributed by atoms with Gasteiger partial charge in [-0.1, -0.05) is 18.2 Å². The second-order valence-electron chi connectivity index (χ2n) is 5.05. The summed E-state index contributed by atoms with van der Waals surface area (Å²) in [5, 5.41) is 3.12. The van der Waals surface area contributed by atoms with E-state index in [-0.39, 0.29) is 0 Å². The van der Waals surface area contributed by atoms with Gasteiger partial charge in [0.15, 0.2) is 5.82 Å². The number of nitrogens with zero attached hydrogens (tertiary/aromatic N) is 3. The fourth-order valence-corrected chi connectivity index (χ4v) is 2.32. The van der Waals surface area contributed by atoms with Gasteiger partial charge in [0.05, 0.1) is 7.11 Å². The van der Waals surface area contributed by atoms with Crippen molar-refractivity contribution in [2.75, 3.05) is 19.0 Å². The number of para-hydroxylation sites is 1. The summed E-state index contributed by atoms with van der Waals surface area (Å²) in [5.41, 5.74) is 1.37. The third-order valence-corrected chi connectivity index (χ3v) is 3.47. The van der Waals surface area contributed by atoms with Crippen LogP contribution >= 0.6 is 0 Å². The van der Waals surface area contributed by atoms with Gasteiger partial charge >= 0.3 is 5.69 Å². The molecule has 2 aromatic heterocycles. The highest BCUT2D eigenvalue weighted by Crippen LogP contribution is 2.18. The predicted octanol–water partition coefficient (Wildman–Crippen LogP) is 1.89. The number of hydrogen-bond acceptors (Lipinski definition) is 6. The van der Waals surface area contributed by atoms with Gasteiger partial charge in [0.1, 0.15) is 5.75 Å². The Kier molecular flexibility index (Phi) is 4.81. The average Bonchev–Trinajstić information content (AvgIpc) is 2.62. The van der Waals surface area contributed by atoms with E-state index in [0.29, 0.717) is 18.3 Å². The minimum atomic E-state index is -0.448. The van der Waals surface area contributed by atoms with Gasteiger partial charge in [-0.2, -0.15) is 9.97 Å². The molecule has 0 amide bonds. The number of hydrogen-bond donors (Lipinski definition) is 2. The van der Waals surface area contributed by atoms with Crippen LogP contribution in [0.4, 0.5) is 5.95 Å². The largest absolute Gasteiger partial charge is 0.496 e. The van der Waals surface area contributed by atoms with E-state index in [1.807, 2.05) is 24.3 Å². The molecule has 0 aliphatic rings. The van der Waals surface area contributed by atoms with Crippen molar-refractivity contribution in [3.05, 3.63) is 64.8 Å². The summed E-state index contributed by atoms with van der Waals surface area (Å²) in [5.74, 6) is 1.59. The monoisotopic (exact) mass is 323 g/mol. The Morgan fingerprint density at radius 3 is 2.71 bits per heavy atom. The van der Waals surface area contributed by atoms with Crippen LogP contribution in [0.2, 0.25) is 0 Å². The number of ether oxygens (including phenoxy) is 1. The van der Waals surface area contributed by atoms with Crippen molar-refractivity contribution in [2.24, 2.45) is 0 Å². The molecule has 0 saturated heterocycles. The van der Waals surface area contributed by atoms with E-state index in [2.05, 4.69) is 25.3 Å². The summed E-state index contributed by atoms with van der Waals surface area (Å²) in [6.45, 7) is 0.600. The fourth-order valence-electron chi connectivity index (χ4n) is 2.32. The van der Waals surface area contributed by atoms with Crippen molar-refractivity contribution in [1.29, 1.82) is 0 Å². The third-order valence-electron chi connectivity index (χ3n) is 3.47. The van der Waals surface area contributed by atoms with Crippen LogP contribution in [-0.4, -0.2) is 33.6 Å². The molecule has 0 saturated carbocycles. The highest BCUT2D eigenvalue weighted by molar-refractivity contribution is 5.54. The van der Waals surface area contributed by atoms with Gasteiger partial charge < -0.3 is 10.1 Å². The van der Waals surface area contributed by atoms with Gasteiger partial charge in [-0.05, 0) is 30.2 Å². The average molecular weight is 323 g/mol. The van der Waals surface area contributed by atoms with Gasteiger partial charge in [-0.3, -0.25) is 9.97 Å². The molecule has 3 rings (SSSR count). The number of H-pyrrole nitrogens is 1. The van der Waals surface area contributed by atoms with Crippen LogP contribution in [0, 0.1) is 0 Å². The molecule has 3 aromatic rings. The number of rotatable bonds is 6. The highest BCUT2D eigenvalue weighted by atomic mass is 16.5. The Morgan fingerprint density at radius 1 is 1.12 bits per heavy atom. The lowest BCUT2D eigenvalue weighted by atomic mass is 10.1. The summed E-state index contributed by atoms with van der Waals surface area (Å²) in [6.07, 6.45) is 4.00. The fraction of sp³-hybridized carbons (Fsp3) is 0.176. The van der Waals surface area contributed by atoms with Gasteiger partial charge in [-0.15, -0.1) is 0 Å². The molecular weight excluding hydrogens is 306 g/mol. The van der Waals surface area contributed by atoms with Crippen LogP contribution in [0.1, 0.15) is 5.56 Å². The van der Waals surface area contributed by atoms with E-state index in [0.717, 1.165) is 23.3 Å². The van der Waals surface area contributed by atoms with E-state index in [4.69, 9.17) is 4.74 Å². The van der Waals surface area contributed by atoms with E-state index >= 15 is 0 Å². The second kappa shape index (κ2) is 7.36. The number of pyridine rings is 1. The molecule has 2 N–H and O–H groups in total. The van der Waals surface area contributed by atoms with Crippen LogP contribution in [0.5, 0.6) is 5.75 Å². The highest BCUT2D eigenvalue weighted by Gasteiger charge is 2.06. The first-order chi connectivity index (χ1) is 11.8. The quantitative estimate of drug-likeness (QED) is 0.719. The van der Waals surface area contributed by atoms with E-state index in [1.165, 1.54) is 0 Å². The lowest BCUT2D eigenvalue weighted by Gasteiger charge is -2.09. The summed E-state index contributed by atoms with van der Waals surface area (Å²) in [4.78, 5) is 26.5. The molecule has 0 spiro atoms. The number of methoxy groups -OCH3 is 1. The topological polar surface area (TPSA) is 92.8 Å². The number of aromatic amines is 1. The Hall–Kier alpha value is -3.22. The molecule has 122 valence electrons. The summed E-state index contributed by atoms with van der Waals surface area (Å²) in [6, 6.07) is 11.3. The number of benzene rings is 1. The molecule has 0 bridgehead atoms. The first-order valence-electron chi connectivity index (χ1n) is 7.51. The Morgan fingerprint density at radius 2 is 1.92 bits per heavy atom. The Bertz CT molecular complexity index is 864. The Balaban J connectivity index is 1.72. The smallest absolute Gasteiger partial charge is 0.349 e. The molecule has 0 fully saturated rings. The van der Waals surface area contributed by atoms with E-state index < -0.39 is 5.69 Å². The zero-order chi connectivity index (χ0) is 16.8. The number of aromatic nitrogens is 4. The van der Waals surface area contributed by atoms with Crippen molar-refractivity contribution in [3.63, 3.8) is 0 Å². The first-order valence-corrected chi connectivity index (χ1v) is 7.51. The normalized spacial score (nSPS) is 10.4. The van der Waals surface area contributed by atoms with Gasteiger partial charge in [0.25, 0.3) is 0 Å². The summed E-state index contributed by atoms with van der Waals surface area (Å²) >= 11 is 0. The molecule has 7 nitrogen and oxygen atoms in total. The lowest BCUT2D eigenvalue weighted by molar-refractivity contribution is 0.410. The van der Waals surface area contributed by atoms with Crippen LogP contribution in [0.3, 0.4) is 0 Å². The summed E-state index contributed by atoms with van der Waals surface area (Å²) < 4.78 is 5.33. The van der Waals surface area contributed by atoms with Crippen LogP contribution in [0.15, 0.2) is 53.6 Å². The maximum atomic E-state index is 11.7. The lowest BCUT2D eigenvalue weighted by Crippen LogP contribution is -2.18. The van der Waals surface area contributed by atoms with Crippen molar-refractivity contribution in [2.45, 2.75) is 6.42 Å². The Labute approximate surface area is 138 Å². The van der Waals surface area contributed by atoms with Gasteiger partial charge in [0.2, 0.25) is 5.95 Å². The molecule has 7 heteroatoms. The molecule has 0 atom stereocenters. The van der Waals surface area contributed by atoms with Crippen molar-refractivity contribution in [1.82, 2.24) is 19.9 Å². The SMILES string of the molecule is COc1ccccc1CCNc1nc(-c2ccncc2)nc(=O)[nH]1. The van der Waals surface area contributed by atoms with Crippen molar-refractivity contribution < 1.29 is 4.74 Å². The van der Waals surface area contributed by atoms with Crippen LogP contribution in [-0.2, 0) is 6.42 Å². The summed E-state index contributed by atoms with van der Waals surface area (Å²) in [7, 11) is 1.65. The zero-order valence-corrected chi connectivity index (χ0v) is 13.2. The molecule has 0 aliphatic carbocycles. The standard InChI is InChI=1S/C17H17N5O2/c1-24-14-5-3-2-4-12(14)8-11-19-16-20-15(21-17(23)22-16)13-6-9-18-10-7-13/h2-7,9-10H,8,11H2,1H3,(H2,19,20,21,22,23). The maximum Gasteiger partial charge on any atom is 0.349 e. The molecule has 0 unspecified atom stereocenters. The minimum Gasteiger partial charge on any atom is -0.496 e. The van der Waals surface area contributed by atoms with Gasteiger partial charge in [-0.25, -0.2) is 4.79 Å². The number of anilines is 1. The third kappa shape index (κ3) is 3.75. The number of nitrogens with one attached hydrogen (secondary N) is 2. The molecule has 2 heterocycles. The van der Waals surface area contributed by atoms with Crippen molar-refractivity contribution >= 4 is 5.95 Å². The van der Waals surface area contributed by atoms with Crippen LogP contribution < -0.4 is 15.7 Å². The van der Waals surface area contributed by atoms with E-state index in [9.17, 15) is 4.79 Å². The second-order valence-corrected chi connectivity index (χ2v) is 5.05. The molecule has 0 aliphatic heterocycles. The molecular formula is C17H17N5O2. The van der Waals surface area contributed by atoms with E-state index in [1.54, 1.807) is 31.6 Å². The predicted molar refractivity (Wildman–Crippen MR) is 91.1 cm³/mol. The molecule has 1 aromatic carbocycles. The maximum absolute atomic E-state index is 11.7. The molecule has 0 radical (unpaired) electrons. The van der Waals surface area contributed by atoms with Crippen LogP contribution in [0.25, 0.3) is 11.4 Å². The zero-order valence-electron chi connectivity index (χ0n) is 13.2. The molecule has 24 heavy (non-hydrogen) atoms. The van der Waals surface area contributed by atoms with Gasteiger partial charge in [0, 0.05) is 24.5 Å². The first kappa shape index (κ1) is 15.7. The minimum absolute atomic E-state index is 0.362. The van der Waals surface area contributed by atoms with Crippen molar-refractivity contribution in [3.8, 4) is 17.1 Å².